The van der Waals surface area contributed by atoms with Crippen LogP contribution in [0.2, 0.25) is 0 Å². The van der Waals surface area contributed by atoms with Crippen molar-refractivity contribution in [1.82, 2.24) is 9.80 Å². The second kappa shape index (κ2) is 12.1. The van der Waals surface area contributed by atoms with Gasteiger partial charge in [0.25, 0.3) is 0 Å². The summed E-state index contributed by atoms with van der Waals surface area (Å²) in [5, 5.41) is 20.4. The number of likely N-dealkylation sites (N-methyl/N-ethyl adjacent to an activating group) is 2. The third-order valence-electron chi connectivity index (χ3n) is 15.8. The largest absolute Gasteiger partial charge is 0.481 e. The zero-order chi connectivity index (χ0) is 35.0. The van der Waals surface area contributed by atoms with E-state index in [1.165, 1.54) is 30.4 Å². The molecule has 264 valence electrons. The summed E-state index contributed by atoms with van der Waals surface area (Å²) in [5.74, 6) is 0.494. The van der Waals surface area contributed by atoms with E-state index in [4.69, 9.17) is 0 Å². The number of carboxylic acids is 2. The van der Waals surface area contributed by atoms with Gasteiger partial charge in [0.05, 0.1) is 11.0 Å². The van der Waals surface area contributed by atoms with Crippen LogP contribution in [0.25, 0.3) is 5.57 Å². The molecule has 0 radical (unpaired) electrons. The summed E-state index contributed by atoms with van der Waals surface area (Å²) in [6.07, 6.45) is 11.7. The van der Waals surface area contributed by atoms with E-state index in [-0.39, 0.29) is 33.5 Å². The zero-order valence-corrected chi connectivity index (χ0v) is 31.1. The molecule has 1 aromatic carbocycles. The van der Waals surface area contributed by atoms with Gasteiger partial charge in [-0.2, -0.15) is 0 Å². The second-order valence-corrected chi connectivity index (χ2v) is 18.4. The highest BCUT2D eigenvalue weighted by atomic mass is 16.4. The van der Waals surface area contributed by atoms with Crippen LogP contribution in [-0.2, 0) is 4.79 Å². The van der Waals surface area contributed by atoms with Crippen LogP contribution in [0, 0.1) is 56.7 Å². The smallest absolute Gasteiger partial charge is 0.335 e. The number of carboxylic acid groups (broad SMARTS) is 2. The summed E-state index contributed by atoms with van der Waals surface area (Å²) >= 11 is 0. The average molecular weight is 659 g/mol. The van der Waals surface area contributed by atoms with E-state index in [9.17, 15) is 19.8 Å². The molecule has 2 N–H and O–H groups in total. The molecule has 0 unspecified atom stereocenters. The van der Waals surface area contributed by atoms with E-state index in [2.05, 4.69) is 78.2 Å². The lowest BCUT2D eigenvalue weighted by Crippen LogP contribution is -2.66. The van der Waals surface area contributed by atoms with E-state index in [0.29, 0.717) is 23.3 Å². The number of fused-ring (bicyclic) bond motifs is 7. The number of carbonyl (C=O) groups is 2. The number of allylic oxidation sites excluding steroid dienone is 2. The molecular formula is C42H62N2O4. The van der Waals surface area contributed by atoms with Crippen molar-refractivity contribution < 1.29 is 19.8 Å². The second-order valence-electron chi connectivity index (χ2n) is 18.4. The third-order valence-corrected chi connectivity index (χ3v) is 15.8. The Balaban J connectivity index is 1.31. The lowest BCUT2D eigenvalue weighted by atomic mass is 9.32. The van der Waals surface area contributed by atoms with Gasteiger partial charge >= 0.3 is 11.9 Å². The topological polar surface area (TPSA) is 81.1 Å². The summed E-state index contributed by atoms with van der Waals surface area (Å²) in [6, 6.07) is 7.49. The fourth-order valence-electron chi connectivity index (χ4n) is 13.2. The van der Waals surface area contributed by atoms with Crippen LogP contribution in [0.1, 0.15) is 108 Å². The van der Waals surface area contributed by atoms with Crippen LogP contribution < -0.4 is 0 Å². The lowest BCUT2D eigenvalue weighted by molar-refractivity contribution is -0.228. The maximum Gasteiger partial charge on any atom is 0.335 e. The molecular weight excluding hydrogens is 596 g/mol. The first-order valence-corrected chi connectivity index (χ1v) is 18.7. The number of nitrogens with zero attached hydrogens (tertiary/aromatic N) is 2. The summed E-state index contributed by atoms with van der Waals surface area (Å²) in [6.45, 7) is 20.1. The molecule has 0 aromatic heterocycles. The first kappa shape index (κ1) is 35.4. The van der Waals surface area contributed by atoms with Crippen molar-refractivity contribution in [1.29, 1.82) is 0 Å². The van der Waals surface area contributed by atoms with Crippen molar-refractivity contribution in [3.8, 4) is 0 Å². The minimum absolute atomic E-state index is 0.0330. The molecule has 0 aliphatic heterocycles. The average Bonchev–Trinajstić information content (AvgIpc) is 3.42. The van der Waals surface area contributed by atoms with Gasteiger partial charge in [0.2, 0.25) is 0 Å². The van der Waals surface area contributed by atoms with Crippen LogP contribution in [0.5, 0.6) is 0 Å². The Labute approximate surface area is 290 Å². The predicted octanol–water partition coefficient (Wildman–Crippen LogP) is 8.59. The van der Waals surface area contributed by atoms with Crippen LogP contribution in [-0.4, -0.2) is 72.7 Å². The lowest BCUT2D eigenvalue weighted by Gasteiger charge is -2.72. The highest BCUT2D eigenvalue weighted by Gasteiger charge is 2.71. The summed E-state index contributed by atoms with van der Waals surface area (Å²) in [5.41, 5.74) is 3.83. The van der Waals surface area contributed by atoms with E-state index >= 15 is 0 Å². The molecule has 0 bridgehead atoms. The Morgan fingerprint density at radius 3 is 2.15 bits per heavy atom. The summed E-state index contributed by atoms with van der Waals surface area (Å²) in [4.78, 5) is 29.4. The number of hydrogen-bond acceptors (Lipinski definition) is 4. The van der Waals surface area contributed by atoms with Crippen molar-refractivity contribution in [2.75, 3.05) is 40.8 Å². The minimum atomic E-state index is -0.884. The van der Waals surface area contributed by atoms with Crippen LogP contribution in [0.3, 0.4) is 0 Å². The van der Waals surface area contributed by atoms with Gasteiger partial charge in [-0.3, -0.25) is 4.79 Å². The van der Waals surface area contributed by atoms with Gasteiger partial charge in [-0.15, -0.1) is 0 Å². The monoisotopic (exact) mass is 658 g/mol. The Morgan fingerprint density at radius 1 is 0.833 bits per heavy atom. The van der Waals surface area contributed by atoms with Crippen LogP contribution >= 0.6 is 0 Å². The van der Waals surface area contributed by atoms with Crippen LogP contribution in [0.4, 0.5) is 0 Å². The fourth-order valence-corrected chi connectivity index (χ4v) is 13.2. The predicted molar refractivity (Wildman–Crippen MR) is 194 cm³/mol. The summed E-state index contributed by atoms with van der Waals surface area (Å²) < 4.78 is 0. The van der Waals surface area contributed by atoms with Gasteiger partial charge < -0.3 is 20.0 Å². The molecule has 48 heavy (non-hydrogen) atoms. The highest BCUT2D eigenvalue weighted by molar-refractivity contribution is 5.88. The summed E-state index contributed by atoms with van der Waals surface area (Å²) in [7, 11) is 6.40. The molecule has 0 spiro atoms. The fraction of sp³-hybridized carbons (Fsp3) is 0.714. The Bertz CT molecular complexity index is 1480. The van der Waals surface area contributed by atoms with E-state index in [1.54, 1.807) is 12.1 Å². The SMILES string of the molecule is C=C(CN(C)CCN(C)C)[C@@H]1CC[C@]2(C(=O)O)CC[C@]3(C)[C@H](CC[C@@H]4[C@@]5(C)CC=C(c6ccc(C(=O)O)cc6)C(C)(C)[C@@H]5CC[C@]43C)[C@@H]12. The number of benzene rings is 1. The van der Waals surface area contributed by atoms with Gasteiger partial charge in [-0.1, -0.05) is 65.0 Å². The molecule has 0 heterocycles. The number of rotatable bonds is 9. The quantitative estimate of drug-likeness (QED) is 0.259. The molecule has 1 aromatic rings. The molecule has 4 saturated carbocycles. The Hall–Kier alpha value is -2.44. The van der Waals surface area contributed by atoms with Crippen molar-refractivity contribution in [2.45, 2.75) is 92.4 Å². The first-order chi connectivity index (χ1) is 22.4. The molecule has 0 amide bonds. The van der Waals surface area contributed by atoms with Gasteiger partial charge in [0, 0.05) is 19.6 Å². The van der Waals surface area contributed by atoms with Gasteiger partial charge in [-0.05, 0) is 153 Å². The molecule has 6 heteroatoms. The molecule has 5 aliphatic rings. The van der Waals surface area contributed by atoms with Crippen molar-refractivity contribution in [2.24, 2.45) is 56.7 Å². The van der Waals surface area contributed by atoms with Crippen molar-refractivity contribution in [3.63, 3.8) is 0 Å². The van der Waals surface area contributed by atoms with E-state index in [0.717, 1.165) is 63.7 Å². The first-order valence-electron chi connectivity index (χ1n) is 18.7. The van der Waals surface area contributed by atoms with E-state index in [1.807, 2.05) is 12.1 Å². The van der Waals surface area contributed by atoms with Gasteiger partial charge in [-0.25, -0.2) is 4.79 Å². The van der Waals surface area contributed by atoms with Gasteiger partial charge in [0.1, 0.15) is 0 Å². The zero-order valence-electron chi connectivity index (χ0n) is 31.1. The Morgan fingerprint density at radius 2 is 1.52 bits per heavy atom. The van der Waals surface area contributed by atoms with Gasteiger partial charge in [0.15, 0.2) is 0 Å². The maximum absolute atomic E-state index is 13.3. The van der Waals surface area contributed by atoms with Crippen LogP contribution in [0.15, 0.2) is 42.5 Å². The van der Waals surface area contributed by atoms with Crippen molar-refractivity contribution in [3.05, 3.63) is 53.6 Å². The number of aromatic carboxylic acids is 1. The molecule has 5 aliphatic carbocycles. The third kappa shape index (κ3) is 5.17. The number of hydrogen-bond donors (Lipinski definition) is 2. The molecule has 4 fully saturated rings. The normalized spacial score (nSPS) is 40.0. The van der Waals surface area contributed by atoms with E-state index < -0.39 is 17.4 Å². The Kier molecular flexibility index (Phi) is 8.93. The molecule has 9 atom stereocenters. The minimum Gasteiger partial charge on any atom is -0.481 e. The number of aliphatic carboxylic acids is 1. The van der Waals surface area contributed by atoms with Crippen molar-refractivity contribution >= 4 is 17.5 Å². The standard InChI is InChI=1S/C42H62N2O4/c1-27(26-44(9)25-24-43(7)8)30-16-21-42(37(47)48)23-22-40(5)32(35(30)42)14-15-34-39(4)19-17-31(28-10-12-29(13-11-28)36(45)46)38(2,3)33(39)18-20-41(34,40)6/h10-13,17,30,32-35H,1,14-16,18-26H2,2-9H3,(H,45,46)(H,47,48)/t30-,32+,33-,34+,35+,39-,40+,41+,42-/m0/s1. The molecule has 6 rings (SSSR count). The maximum atomic E-state index is 13.3. The highest BCUT2D eigenvalue weighted by Crippen LogP contribution is 2.77. The molecule has 6 nitrogen and oxygen atoms in total. The molecule has 0 saturated heterocycles.